The minimum Gasteiger partial charge on any atom is -0.332 e. The van der Waals surface area contributed by atoms with E-state index in [1.165, 1.54) is 22.2 Å². The monoisotopic (exact) mass is 522 g/mol. The molecule has 13 heteroatoms. The summed E-state index contributed by atoms with van der Waals surface area (Å²) in [7, 11) is -3.94. The average Bonchev–Trinajstić information content (AvgIpc) is 3.25. The van der Waals surface area contributed by atoms with E-state index in [0.717, 1.165) is 21.4 Å². The molecule has 3 N–H and O–H groups in total. The van der Waals surface area contributed by atoms with Gasteiger partial charge < -0.3 is 10.6 Å². The predicted octanol–water partition coefficient (Wildman–Crippen LogP) is 1.61. The van der Waals surface area contributed by atoms with Gasteiger partial charge in [-0.2, -0.15) is 4.72 Å². The summed E-state index contributed by atoms with van der Waals surface area (Å²) in [5.41, 5.74) is 5.63. The van der Waals surface area contributed by atoms with Crippen LogP contribution in [0, 0.1) is 0 Å². The maximum absolute atomic E-state index is 13.1. The van der Waals surface area contributed by atoms with Crippen LogP contribution < -0.4 is 15.4 Å². The molecule has 0 spiro atoms. The van der Waals surface area contributed by atoms with Crippen LogP contribution in [0.25, 0.3) is 10.1 Å². The normalized spacial score (nSPS) is 16.7. The number of fused-ring (bicyclic) bond motifs is 1. The zero-order valence-corrected chi connectivity index (χ0v) is 20.4. The molecular formula is C21H23ClN6O4S2. The van der Waals surface area contributed by atoms with Gasteiger partial charge >= 0.3 is 0 Å². The van der Waals surface area contributed by atoms with Crippen LogP contribution >= 0.6 is 22.9 Å². The van der Waals surface area contributed by atoms with Crippen molar-refractivity contribution in [2.24, 2.45) is 5.73 Å². The van der Waals surface area contributed by atoms with Crippen molar-refractivity contribution in [2.75, 3.05) is 31.1 Å². The molecule has 1 aliphatic rings. The smallest absolute Gasteiger partial charge is 0.250 e. The summed E-state index contributed by atoms with van der Waals surface area (Å²) < 4.78 is 29.3. The van der Waals surface area contributed by atoms with Gasteiger partial charge in [-0.15, -0.1) is 11.3 Å². The SMILES string of the molecule is NCCN(C(=O)CN1CCCC(NS(=O)(=O)c2cc3ccc(Cl)cc3s2)C1=O)c1ncccn1. The van der Waals surface area contributed by atoms with Gasteiger partial charge in [0.05, 0.1) is 0 Å². The van der Waals surface area contributed by atoms with Crippen molar-refractivity contribution >= 4 is 60.8 Å². The Kier molecular flexibility index (Phi) is 7.43. The molecule has 34 heavy (non-hydrogen) atoms. The molecule has 1 unspecified atom stereocenters. The molecule has 1 aliphatic heterocycles. The number of likely N-dealkylation sites (tertiary alicyclic amines) is 1. The molecule has 2 amide bonds. The zero-order valence-electron chi connectivity index (χ0n) is 18.1. The number of hydrogen-bond donors (Lipinski definition) is 2. The first-order valence-electron chi connectivity index (χ1n) is 10.6. The van der Waals surface area contributed by atoms with Gasteiger partial charge in [-0.25, -0.2) is 18.4 Å². The second-order valence-corrected chi connectivity index (χ2v) is 11.2. The van der Waals surface area contributed by atoms with Crippen molar-refractivity contribution < 1.29 is 18.0 Å². The van der Waals surface area contributed by atoms with Crippen LogP contribution in [-0.2, 0) is 19.6 Å². The summed E-state index contributed by atoms with van der Waals surface area (Å²) in [4.78, 5) is 36.9. The summed E-state index contributed by atoms with van der Waals surface area (Å²) in [5.74, 6) is -0.645. The first-order chi connectivity index (χ1) is 16.3. The lowest BCUT2D eigenvalue weighted by atomic mass is 10.1. The molecule has 3 heterocycles. The molecule has 0 radical (unpaired) electrons. The lowest BCUT2D eigenvalue weighted by Gasteiger charge is -2.33. The van der Waals surface area contributed by atoms with Crippen LogP contribution in [0.4, 0.5) is 5.95 Å². The maximum Gasteiger partial charge on any atom is 0.250 e. The van der Waals surface area contributed by atoms with Crippen LogP contribution in [0.3, 0.4) is 0 Å². The van der Waals surface area contributed by atoms with Crippen LogP contribution in [0.1, 0.15) is 12.8 Å². The number of nitrogens with one attached hydrogen (secondary N) is 1. The molecule has 1 saturated heterocycles. The standard InChI is InChI=1S/C21H23ClN6O4S2/c22-15-5-4-14-11-19(33-17(14)12-15)34(31,32)26-16-3-1-9-27(20(16)30)13-18(29)28(10-6-23)21-24-7-2-8-25-21/h2,4-5,7-8,11-12,16,26H,1,3,6,9-10,13,23H2. The highest BCUT2D eigenvalue weighted by Crippen LogP contribution is 2.31. The average molecular weight is 523 g/mol. The van der Waals surface area contributed by atoms with E-state index in [2.05, 4.69) is 14.7 Å². The Labute approximate surface area is 205 Å². The van der Waals surface area contributed by atoms with Crippen molar-refractivity contribution in [3.05, 3.63) is 47.7 Å². The number of hydrogen-bond acceptors (Lipinski definition) is 8. The molecule has 1 fully saturated rings. The van der Waals surface area contributed by atoms with E-state index in [1.807, 2.05) is 0 Å². The van der Waals surface area contributed by atoms with Crippen molar-refractivity contribution in [2.45, 2.75) is 23.1 Å². The number of benzene rings is 1. The summed E-state index contributed by atoms with van der Waals surface area (Å²) in [5, 5.41) is 1.26. The number of sulfonamides is 1. The molecule has 10 nitrogen and oxygen atoms in total. The number of amides is 2. The van der Waals surface area contributed by atoms with E-state index in [1.54, 1.807) is 30.3 Å². The van der Waals surface area contributed by atoms with Gasteiger partial charge in [-0.1, -0.05) is 17.7 Å². The van der Waals surface area contributed by atoms with E-state index < -0.39 is 27.9 Å². The van der Waals surface area contributed by atoms with Crippen LogP contribution in [0.5, 0.6) is 0 Å². The number of aromatic nitrogens is 2. The number of thiophene rings is 1. The molecule has 0 bridgehead atoms. The van der Waals surface area contributed by atoms with Crippen molar-refractivity contribution in [1.29, 1.82) is 0 Å². The predicted molar refractivity (Wildman–Crippen MR) is 130 cm³/mol. The lowest BCUT2D eigenvalue weighted by molar-refractivity contribution is -0.138. The third-order valence-corrected chi connectivity index (χ3v) is 8.60. The second-order valence-electron chi connectivity index (χ2n) is 7.71. The van der Waals surface area contributed by atoms with Gasteiger partial charge in [-0.3, -0.25) is 14.5 Å². The zero-order chi connectivity index (χ0) is 24.3. The molecule has 2 aromatic heterocycles. The van der Waals surface area contributed by atoms with E-state index in [-0.39, 0.29) is 29.8 Å². The fraction of sp³-hybridized carbons (Fsp3) is 0.333. The largest absolute Gasteiger partial charge is 0.332 e. The van der Waals surface area contributed by atoms with Crippen LogP contribution in [0.15, 0.2) is 46.9 Å². The van der Waals surface area contributed by atoms with Crippen molar-refractivity contribution in [3.8, 4) is 0 Å². The topological polar surface area (TPSA) is 139 Å². The number of anilines is 1. The molecule has 1 atom stereocenters. The van der Waals surface area contributed by atoms with Crippen LogP contribution in [-0.4, -0.2) is 67.3 Å². The third kappa shape index (κ3) is 5.36. The third-order valence-electron chi connectivity index (χ3n) is 5.33. The summed E-state index contributed by atoms with van der Waals surface area (Å²) in [6.07, 6.45) is 3.91. The lowest BCUT2D eigenvalue weighted by Crippen LogP contribution is -2.55. The van der Waals surface area contributed by atoms with Gasteiger partial charge in [0.25, 0.3) is 10.0 Å². The number of piperidine rings is 1. The van der Waals surface area contributed by atoms with Gasteiger partial charge in [-0.05, 0) is 42.5 Å². The fourth-order valence-corrected chi connectivity index (χ4v) is 6.62. The molecular weight excluding hydrogens is 500 g/mol. The Morgan fingerprint density at radius 1 is 1.29 bits per heavy atom. The Morgan fingerprint density at radius 3 is 2.79 bits per heavy atom. The van der Waals surface area contributed by atoms with Crippen molar-refractivity contribution in [1.82, 2.24) is 19.6 Å². The highest BCUT2D eigenvalue weighted by molar-refractivity contribution is 7.91. The van der Waals surface area contributed by atoms with E-state index in [9.17, 15) is 18.0 Å². The highest BCUT2D eigenvalue weighted by Gasteiger charge is 2.34. The summed E-state index contributed by atoms with van der Waals surface area (Å²) in [6, 6.07) is 7.35. The van der Waals surface area contributed by atoms with Crippen molar-refractivity contribution in [3.63, 3.8) is 0 Å². The molecule has 0 aliphatic carbocycles. The fourth-order valence-electron chi connectivity index (χ4n) is 3.71. The Bertz CT molecular complexity index is 1300. The number of halogens is 1. The minimum atomic E-state index is -3.94. The van der Waals surface area contributed by atoms with E-state index in [0.29, 0.717) is 24.4 Å². The molecule has 0 saturated carbocycles. The highest BCUT2D eigenvalue weighted by atomic mass is 35.5. The number of nitrogens with two attached hydrogens (primary N) is 1. The quantitative estimate of drug-likeness (QED) is 0.458. The van der Waals surface area contributed by atoms with Gasteiger partial charge in [0, 0.05) is 41.8 Å². The first kappa shape index (κ1) is 24.5. The van der Waals surface area contributed by atoms with E-state index >= 15 is 0 Å². The number of carbonyl (C=O) groups excluding carboxylic acids is 2. The second kappa shape index (κ2) is 10.3. The Hall–Kier alpha value is -2.64. The molecule has 3 aromatic rings. The Morgan fingerprint density at radius 2 is 2.06 bits per heavy atom. The number of nitrogens with zero attached hydrogens (tertiary/aromatic N) is 4. The van der Waals surface area contributed by atoms with Crippen LogP contribution in [0.2, 0.25) is 5.02 Å². The first-order valence-corrected chi connectivity index (χ1v) is 13.2. The molecule has 180 valence electrons. The summed E-state index contributed by atoms with van der Waals surface area (Å²) >= 11 is 7.08. The minimum absolute atomic E-state index is 0.0983. The van der Waals surface area contributed by atoms with Gasteiger partial charge in [0.15, 0.2) is 0 Å². The van der Waals surface area contributed by atoms with Gasteiger partial charge in [0.2, 0.25) is 17.8 Å². The maximum atomic E-state index is 13.1. The van der Waals surface area contributed by atoms with E-state index in [4.69, 9.17) is 17.3 Å². The van der Waals surface area contributed by atoms with Gasteiger partial charge in [0.1, 0.15) is 16.8 Å². The number of rotatable bonds is 8. The Balaban J connectivity index is 1.47. The summed E-state index contributed by atoms with van der Waals surface area (Å²) in [6.45, 7) is 0.505. The number of carbonyl (C=O) groups is 2. The molecule has 4 rings (SSSR count). The molecule has 1 aromatic carbocycles.